The van der Waals surface area contributed by atoms with E-state index in [1.165, 1.54) is 0 Å². The zero-order valence-corrected chi connectivity index (χ0v) is 10.4. The van der Waals surface area contributed by atoms with Crippen molar-refractivity contribution >= 4 is 0 Å². The molecule has 1 heterocycles. The van der Waals surface area contributed by atoms with Gasteiger partial charge in [-0.15, -0.1) is 10.2 Å². The molecule has 92 valence electrons. The van der Waals surface area contributed by atoms with Crippen LogP contribution < -0.4 is 5.32 Å². The molecular formula is C11H21N3O2. The number of nitrogens with one attached hydrogen (secondary N) is 1. The highest BCUT2D eigenvalue weighted by Gasteiger charge is 2.23. The van der Waals surface area contributed by atoms with E-state index in [-0.39, 0.29) is 18.1 Å². The smallest absolute Gasteiger partial charge is 0.230 e. The first-order valence-electron chi connectivity index (χ1n) is 5.56. The largest absolute Gasteiger partial charge is 0.424 e. The summed E-state index contributed by atoms with van der Waals surface area (Å²) in [5, 5.41) is 20.0. The van der Waals surface area contributed by atoms with Gasteiger partial charge in [0.15, 0.2) is 0 Å². The molecule has 0 aliphatic carbocycles. The highest BCUT2D eigenvalue weighted by atomic mass is 16.4. The maximum Gasteiger partial charge on any atom is 0.230 e. The third kappa shape index (κ3) is 3.90. The molecule has 1 aromatic heterocycles. The van der Waals surface area contributed by atoms with Crippen molar-refractivity contribution in [3.63, 3.8) is 0 Å². The van der Waals surface area contributed by atoms with Crippen LogP contribution in [0.2, 0.25) is 0 Å². The Kier molecular flexibility index (Phi) is 4.44. The van der Waals surface area contributed by atoms with Gasteiger partial charge in [0, 0.05) is 19.6 Å². The fraction of sp³-hybridized carbons (Fsp3) is 0.818. The predicted molar refractivity (Wildman–Crippen MR) is 60.8 cm³/mol. The summed E-state index contributed by atoms with van der Waals surface area (Å²) in [7, 11) is 0. The maximum atomic E-state index is 9.01. The van der Waals surface area contributed by atoms with Crippen LogP contribution in [0.15, 0.2) is 4.42 Å². The van der Waals surface area contributed by atoms with Gasteiger partial charge in [-0.3, -0.25) is 0 Å². The molecule has 0 bridgehead atoms. The molecule has 0 spiro atoms. The molecular weight excluding hydrogens is 206 g/mol. The first-order chi connectivity index (χ1) is 7.43. The van der Waals surface area contributed by atoms with E-state index in [4.69, 9.17) is 9.52 Å². The molecule has 16 heavy (non-hydrogen) atoms. The summed E-state index contributed by atoms with van der Waals surface area (Å²) in [4.78, 5) is 0. The Balaban J connectivity index is 2.50. The molecule has 1 rings (SSSR count). The summed E-state index contributed by atoms with van der Waals surface area (Å²) in [6, 6.07) is 0.227. The zero-order chi connectivity index (χ0) is 12.2. The highest BCUT2D eigenvalue weighted by molar-refractivity contribution is 4.84. The second-order valence-electron chi connectivity index (χ2n) is 5.03. The number of hydrogen-bond donors (Lipinski definition) is 2. The lowest BCUT2D eigenvalue weighted by molar-refractivity contribution is 0.193. The number of aliphatic hydroxyl groups excluding tert-OH is 1. The fourth-order valence-corrected chi connectivity index (χ4v) is 1.59. The third-order valence-corrected chi connectivity index (χ3v) is 2.53. The third-order valence-electron chi connectivity index (χ3n) is 2.53. The SMILES string of the molecule is Cc1nnc(CN[C@H](CCO)C(C)(C)C)o1. The summed E-state index contributed by atoms with van der Waals surface area (Å²) in [5.41, 5.74) is 0.0950. The lowest BCUT2D eigenvalue weighted by atomic mass is 9.85. The van der Waals surface area contributed by atoms with Crippen molar-refractivity contribution in [1.29, 1.82) is 0 Å². The second kappa shape index (κ2) is 5.41. The molecule has 0 saturated carbocycles. The Labute approximate surface area is 96.3 Å². The summed E-state index contributed by atoms with van der Waals surface area (Å²) < 4.78 is 5.28. The fourth-order valence-electron chi connectivity index (χ4n) is 1.59. The van der Waals surface area contributed by atoms with Gasteiger partial charge in [0.2, 0.25) is 11.8 Å². The van der Waals surface area contributed by atoms with E-state index < -0.39 is 0 Å². The van der Waals surface area contributed by atoms with Gasteiger partial charge >= 0.3 is 0 Å². The van der Waals surface area contributed by atoms with Crippen molar-refractivity contribution < 1.29 is 9.52 Å². The molecule has 0 aromatic carbocycles. The molecule has 5 heteroatoms. The van der Waals surface area contributed by atoms with Crippen LogP contribution in [0, 0.1) is 12.3 Å². The molecule has 0 fully saturated rings. The minimum absolute atomic E-state index is 0.0950. The summed E-state index contributed by atoms with van der Waals surface area (Å²) >= 11 is 0. The highest BCUT2D eigenvalue weighted by Crippen LogP contribution is 2.21. The number of rotatable bonds is 5. The summed E-state index contributed by atoms with van der Waals surface area (Å²) in [6.07, 6.45) is 0.719. The van der Waals surface area contributed by atoms with Crippen molar-refractivity contribution in [3.8, 4) is 0 Å². The monoisotopic (exact) mass is 227 g/mol. The number of aliphatic hydroxyl groups is 1. The van der Waals surface area contributed by atoms with E-state index in [9.17, 15) is 0 Å². The number of hydrogen-bond acceptors (Lipinski definition) is 5. The van der Waals surface area contributed by atoms with Crippen molar-refractivity contribution in [3.05, 3.63) is 11.8 Å². The van der Waals surface area contributed by atoms with Gasteiger partial charge < -0.3 is 14.8 Å². The average molecular weight is 227 g/mol. The van der Waals surface area contributed by atoms with E-state index in [1.54, 1.807) is 6.92 Å². The van der Waals surface area contributed by atoms with Crippen molar-refractivity contribution in [2.24, 2.45) is 5.41 Å². The van der Waals surface area contributed by atoms with Crippen molar-refractivity contribution in [2.45, 2.75) is 46.7 Å². The molecule has 0 amide bonds. The van der Waals surface area contributed by atoms with Crippen LogP contribution >= 0.6 is 0 Å². The lowest BCUT2D eigenvalue weighted by Gasteiger charge is -2.30. The molecule has 0 aliphatic heterocycles. The van der Waals surface area contributed by atoms with Crippen molar-refractivity contribution in [2.75, 3.05) is 6.61 Å². The van der Waals surface area contributed by atoms with Crippen molar-refractivity contribution in [1.82, 2.24) is 15.5 Å². The Hall–Kier alpha value is -0.940. The second-order valence-corrected chi connectivity index (χ2v) is 5.03. The van der Waals surface area contributed by atoms with E-state index in [1.807, 2.05) is 0 Å². The van der Waals surface area contributed by atoms with Gasteiger partial charge in [0.1, 0.15) is 0 Å². The Bertz CT molecular complexity index is 317. The van der Waals surface area contributed by atoms with Gasteiger partial charge in [0.25, 0.3) is 0 Å². The lowest BCUT2D eigenvalue weighted by Crippen LogP contribution is -2.40. The minimum Gasteiger partial charge on any atom is -0.424 e. The van der Waals surface area contributed by atoms with E-state index >= 15 is 0 Å². The molecule has 1 aromatic rings. The zero-order valence-electron chi connectivity index (χ0n) is 10.4. The summed E-state index contributed by atoms with van der Waals surface area (Å²) in [5.74, 6) is 1.16. The Morgan fingerprint density at radius 2 is 2.06 bits per heavy atom. The molecule has 0 unspecified atom stereocenters. The van der Waals surface area contributed by atoms with Gasteiger partial charge in [-0.25, -0.2) is 0 Å². The first-order valence-corrected chi connectivity index (χ1v) is 5.56. The maximum absolute atomic E-state index is 9.01. The van der Waals surface area contributed by atoms with Crippen LogP contribution in [0.25, 0.3) is 0 Å². The van der Waals surface area contributed by atoms with E-state index in [0.717, 1.165) is 6.42 Å². The normalized spacial score (nSPS) is 14.1. The van der Waals surface area contributed by atoms with E-state index in [2.05, 4.69) is 36.3 Å². The Morgan fingerprint density at radius 3 is 2.50 bits per heavy atom. The average Bonchev–Trinajstić information content (AvgIpc) is 2.57. The first kappa shape index (κ1) is 13.1. The standard InChI is InChI=1S/C11H21N3O2/c1-8-13-14-10(16-8)7-12-9(5-6-15)11(2,3)4/h9,12,15H,5-7H2,1-4H3/t9-/m1/s1. The number of aryl methyl sites for hydroxylation is 1. The van der Waals surface area contributed by atoms with Crippen LogP contribution in [-0.4, -0.2) is 28.0 Å². The Morgan fingerprint density at radius 1 is 1.38 bits per heavy atom. The molecule has 0 saturated heterocycles. The minimum atomic E-state index is 0.0950. The molecule has 0 radical (unpaired) electrons. The number of nitrogens with zero attached hydrogens (tertiary/aromatic N) is 2. The van der Waals surface area contributed by atoms with Crippen LogP contribution in [0.4, 0.5) is 0 Å². The topological polar surface area (TPSA) is 71.2 Å². The van der Waals surface area contributed by atoms with Crippen LogP contribution in [0.3, 0.4) is 0 Å². The van der Waals surface area contributed by atoms with Gasteiger partial charge in [-0.1, -0.05) is 20.8 Å². The molecule has 2 N–H and O–H groups in total. The van der Waals surface area contributed by atoms with Crippen LogP contribution in [-0.2, 0) is 6.54 Å². The molecule has 0 aliphatic rings. The molecule has 5 nitrogen and oxygen atoms in total. The van der Waals surface area contributed by atoms with Gasteiger partial charge in [0.05, 0.1) is 6.54 Å². The van der Waals surface area contributed by atoms with Gasteiger partial charge in [-0.2, -0.15) is 0 Å². The molecule has 1 atom stereocenters. The van der Waals surface area contributed by atoms with E-state index in [0.29, 0.717) is 18.3 Å². The quantitative estimate of drug-likeness (QED) is 0.792. The summed E-state index contributed by atoms with van der Waals surface area (Å²) in [6.45, 7) is 8.91. The van der Waals surface area contributed by atoms with Crippen LogP contribution in [0.1, 0.15) is 39.0 Å². The number of aromatic nitrogens is 2. The van der Waals surface area contributed by atoms with Crippen LogP contribution in [0.5, 0.6) is 0 Å². The predicted octanol–water partition coefficient (Wildman–Crippen LogP) is 1.26. The van der Waals surface area contributed by atoms with Gasteiger partial charge in [-0.05, 0) is 11.8 Å².